The number of furan rings is 1. The number of carboxylic acid groups (broad SMARTS) is 1. The van der Waals surface area contributed by atoms with Crippen LogP contribution in [-0.4, -0.2) is 11.1 Å². The predicted octanol–water partition coefficient (Wildman–Crippen LogP) is 3.85. The number of carbonyl (C=O) groups is 1. The van der Waals surface area contributed by atoms with Gasteiger partial charge in [-0.05, 0) is 24.3 Å². The fourth-order valence-electron chi connectivity index (χ4n) is 2.16. The molecule has 0 aliphatic rings. The maximum Gasteiger partial charge on any atom is 0.336 e. The van der Waals surface area contributed by atoms with Crippen molar-refractivity contribution in [1.29, 1.82) is 0 Å². The third-order valence-electron chi connectivity index (χ3n) is 3.10. The molecule has 0 aliphatic heterocycles. The molecular weight excluding hydrogens is 275 g/mol. The van der Waals surface area contributed by atoms with Crippen molar-refractivity contribution in [3.8, 4) is 5.75 Å². The number of fused-ring (bicyclic) bond motifs is 1. The lowest BCUT2D eigenvalue weighted by molar-refractivity contribution is 0.0699. The number of ether oxygens (including phenoxy) is 1. The van der Waals surface area contributed by atoms with Gasteiger partial charge in [-0.15, -0.1) is 0 Å². The van der Waals surface area contributed by atoms with E-state index in [9.17, 15) is 14.3 Å². The van der Waals surface area contributed by atoms with E-state index in [0.29, 0.717) is 22.3 Å². The van der Waals surface area contributed by atoms with Gasteiger partial charge >= 0.3 is 5.97 Å². The molecular formula is C16H11FO4. The summed E-state index contributed by atoms with van der Waals surface area (Å²) in [6.45, 7) is 0.0980. The van der Waals surface area contributed by atoms with Crippen molar-refractivity contribution < 1.29 is 23.4 Å². The molecule has 4 nitrogen and oxygen atoms in total. The Morgan fingerprint density at radius 3 is 2.81 bits per heavy atom. The van der Waals surface area contributed by atoms with E-state index in [1.54, 1.807) is 24.3 Å². The topological polar surface area (TPSA) is 59.7 Å². The molecule has 3 rings (SSSR count). The monoisotopic (exact) mass is 286 g/mol. The molecule has 0 unspecified atom stereocenters. The second kappa shape index (κ2) is 5.28. The highest BCUT2D eigenvalue weighted by Crippen LogP contribution is 2.26. The van der Waals surface area contributed by atoms with E-state index in [1.807, 2.05) is 0 Å². The van der Waals surface area contributed by atoms with Crippen LogP contribution in [0.2, 0.25) is 0 Å². The van der Waals surface area contributed by atoms with E-state index in [2.05, 4.69) is 0 Å². The van der Waals surface area contributed by atoms with Crippen LogP contribution < -0.4 is 4.74 Å². The van der Waals surface area contributed by atoms with E-state index in [-0.39, 0.29) is 12.2 Å². The molecule has 0 saturated heterocycles. The van der Waals surface area contributed by atoms with Crippen LogP contribution in [0.4, 0.5) is 4.39 Å². The van der Waals surface area contributed by atoms with E-state index >= 15 is 0 Å². The average molecular weight is 286 g/mol. The second-order valence-electron chi connectivity index (χ2n) is 4.49. The molecule has 106 valence electrons. The van der Waals surface area contributed by atoms with Crippen LogP contribution in [0.5, 0.6) is 5.75 Å². The fourth-order valence-corrected chi connectivity index (χ4v) is 2.16. The molecule has 0 aliphatic carbocycles. The lowest BCUT2D eigenvalue weighted by Gasteiger charge is -2.05. The summed E-state index contributed by atoms with van der Waals surface area (Å²) in [4.78, 5) is 11.3. The molecule has 0 bridgehead atoms. The predicted molar refractivity (Wildman–Crippen MR) is 73.9 cm³/mol. The molecule has 0 amide bonds. The lowest BCUT2D eigenvalue weighted by Crippen LogP contribution is -2.00. The van der Waals surface area contributed by atoms with Gasteiger partial charge in [-0.2, -0.15) is 0 Å². The summed E-state index contributed by atoms with van der Waals surface area (Å²) in [6.07, 6.45) is 1.45. The molecule has 5 heteroatoms. The number of benzene rings is 2. The Hall–Kier alpha value is -2.82. The molecule has 21 heavy (non-hydrogen) atoms. The zero-order valence-corrected chi connectivity index (χ0v) is 10.9. The standard InChI is InChI=1S/C16H11FO4/c17-11-3-1-4-12(7-11)20-8-10-9-21-14-6-2-5-13(15(10)14)16(18)19/h1-7,9H,8H2,(H,18,19). The van der Waals surface area contributed by atoms with Gasteiger partial charge in [-0.25, -0.2) is 9.18 Å². The minimum absolute atomic E-state index is 0.0980. The lowest BCUT2D eigenvalue weighted by atomic mass is 10.1. The Morgan fingerprint density at radius 1 is 1.24 bits per heavy atom. The number of rotatable bonds is 4. The highest BCUT2D eigenvalue weighted by molar-refractivity contribution is 6.03. The first-order valence-corrected chi connectivity index (χ1v) is 6.26. The van der Waals surface area contributed by atoms with E-state index in [4.69, 9.17) is 9.15 Å². The number of hydrogen-bond donors (Lipinski definition) is 1. The quantitative estimate of drug-likeness (QED) is 0.791. The first-order valence-electron chi connectivity index (χ1n) is 6.26. The van der Waals surface area contributed by atoms with Crippen molar-refractivity contribution in [2.75, 3.05) is 0 Å². The average Bonchev–Trinajstić information content (AvgIpc) is 2.88. The summed E-state index contributed by atoms with van der Waals surface area (Å²) in [5, 5.41) is 9.72. The van der Waals surface area contributed by atoms with Crippen LogP contribution in [0.25, 0.3) is 11.0 Å². The van der Waals surface area contributed by atoms with Crippen LogP contribution >= 0.6 is 0 Å². The van der Waals surface area contributed by atoms with Crippen molar-refractivity contribution in [1.82, 2.24) is 0 Å². The van der Waals surface area contributed by atoms with Crippen molar-refractivity contribution >= 4 is 16.9 Å². The first kappa shape index (κ1) is 13.2. The highest BCUT2D eigenvalue weighted by Gasteiger charge is 2.15. The Labute approximate surface area is 119 Å². The summed E-state index contributed by atoms with van der Waals surface area (Å²) in [5.74, 6) is -1.05. The van der Waals surface area contributed by atoms with Gasteiger partial charge < -0.3 is 14.3 Å². The zero-order valence-electron chi connectivity index (χ0n) is 10.9. The second-order valence-corrected chi connectivity index (χ2v) is 4.49. The maximum absolute atomic E-state index is 13.1. The van der Waals surface area contributed by atoms with Crippen molar-refractivity contribution in [2.45, 2.75) is 6.61 Å². The number of hydrogen-bond acceptors (Lipinski definition) is 3. The van der Waals surface area contributed by atoms with Gasteiger partial charge in [0.05, 0.1) is 11.8 Å². The van der Waals surface area contributed by atoms with E-state index < -0.39 is 11.8 Å². The highest BCUT2D eigenvalue weighted by atomic mass is 19.1. The van der Waals surface area contributed by atoms with Crippen LogP contribution in [0.1, 0.15) is 15.9 Å². The SMILES string of the molecule is O=C(O)c1cccc2occ(COc3cccc(F)c3)c12. The van der Waals surface area contributed by atoms with Gasteiger partial charge in [0.25, 0.3) is 0 Å². The molecule has 1 N–H and O–H groups in total. The van der Waals surface area contributed by atoms with Gasteiger partial charge in [-0.3, -0.25) is 0 Å². The smallest absolute Gasteiger partial charge is 0.336 e. The molecule has 0 atom stereocenters. The van der Waals surface area contributed by atoms with Gasteiger partial charge in [0.1, 0.15) is 23.8 Å². The van der Waals surface area contributed by atoms with Gasteiger partial charge in [-0.1, -0.05) is 12.1 Å². The number of halogens is 1. The molecule has 0 saturated carbocycles. The first-order chi connectivity index (χ1) is 10.1. The zero-order chi connectivity index (χ0) is 14.8. The Balaban J connectivity index is 1.92. The fraction of sp³-hybridized carbons (Fsp3) is 0.0625. The minimum atomic E-state index is -1.03. The molecule has 3 aromatic rings. The van der Waals surface area contributed by atoms with E-state index in [0.717, 1.165) is 0 Å². The largest absolute Gasteiger partial charge is 0.489 e. The van der Waals surface area contributed by atoms with Crippen LogP contribution in [0, 0.1) is 5.82 Å². The Morgan fingerprint density at radius 2 is 2.05 bits per heavy atom. The van der Waals surface area contributed by atoms with Gasteiger partial charge in [0, 0.05) is 17.0 Å². The summed E-state index contributed by atoms with van der Waals surface area (Å²) >= 11 is 0. The summed E-state index contributed by atoms with van der Waals surface area (Å²) in [7, 11) is 0. The molecule has 2 aromatic carbocycles. The minimum Gasteiger partial charge on any atom is -0.489 e. The number of aromatic carboxylic acids is 1. The normalized spacial score (nSPS) is 10.7. The maximum atomic E-state index is 13.1. The molecule has 1 heterocycles. The third-order valence-corrected chi connectivity index (χ3v) is 3.10. The van der Waals surface area contributed by atoms with Crippen LogP contribution in [-0.2, 0) is 6.61 Å². The van der Waals surface area contributed by atoms with Gasteiger partial charge in [0.2, 0.25) is 0 Å². The molecule has 0 radical (unpaired) electrons. The number of carboxylic acids is 1. The molecule has 1 aromatic heterocycles. The van der Waals surface area contributed by atoms with Gasteiger partial charge in [0.15, 0.2) is 0 Å². The summed E-state index contributed by atoms with van der Waals surface area (Å²) in [5.41, 5.74) is 1.24. The summed E-state index contributed by atoms with van der Waals surface area (Å²) < 4.78 is 23.9. The van der Waals surface area contributed by atoms with Crippen molar-refractivity contribution in [3.63, 3.8) is 0 Å². The van der Waals surface area contributed by atoms with Crippen molar-refractivity contribution in [3.05, 3.63) is 65.7 Å². The van der Waals surface area contributed by atoms with Crippen LogP contribution in [0.15, 0.2) is 53.1 Å². The third kappa shape index (κ3) is 2.58. The molecule has 0 spiro atoms. The van der Waals surface area contributed by atoms with Crippen molar-refractivity contribution in [2.24, 2.45) is 0 Å². The van der Waals surface area contributed by atoms with Crippen LogP contribution in [0.3, 0.4) is 0 Å². The molecule has 0 fully saturated rings. The Kier molecular flexibility index (Phi) is 3.31. The Bertz CT molecular complexity index is 807. The van der Waals surface area contributed by atoms with E-state index in [1.165, 1.54) is 24.5 Å². The summed E-state index contributed by atoms with van der Waals surface area (Å²) in [6, 6.07) is 10.6.